The van der Waals surface area contributed by atoms with Crippen LogP contribution >= 0.6 is 11.3 Å². The Morgan fingerprint density at radius 3 is 2.58 bits per heavy atom. The molecule has 0 fully saturated rings. The standard InChI is InChI=1S/C23H22N4O3S/c1-15-11-21(25-22(28)12-16-7-5-4-6-8-16)27(26-15)23-24-18(14-31-23)17-9-10-19(29-2)20(13-17)30-3/h4-11,13-14H,12H2,1-3H3,(H,25,28). The summed E-state index contributed by atoms with van der Waals surface area (Å²) in [6.45, 7) is 1.88. The van der Waals surface area contributed by atoms with Crippen LogP contribution in [0, 0.1) is 6.92 Å². The van der Waals surface area contributed by atoms with E-state index in [0.717, 1.165) is 22.5 Å². The molecule has 4 rings (SSSR count). The van der Waals surface area contributed by atoms with Gasteiger partial charge in [-0.05, 0) is 30.7 Å². The number of ether oxygens (including phenoxy) is 2. The lowest BCUT2D eigenvalue weighted by Gasteiger charge is -2.08. The minimum atomic E-state index is -0.107. The molecule has 1 N–H and O–H groups in total. The van der Waals surface area contributed by atoms with Crippen LogP contribution in [0.4, 0.5) is 5.82 Å². The molecule has 0 radical (unpaired) electrons. The van der Waals surface area contributed by atoms with Crippen molar-refractivity contribution < 1.29 is 14.3 Å². The van der Waals surface area contributed by atoms with Gasteiger partial charge in [0.05, 0.1) is 32.0 Å². The number of aromatic nitrogens is 3. The number of nitrogens with one attached hydrogen (secondary N) is 1. The normalized spacial score (nSPS) is 10.7. The van der Waals surface area contributed by atoms with Gasteiger partial charge >= 0.3 is 0 Å². The van der Waals surface area contributed by atoms with E-state index in [1.165, 1.54) is 11.3 Å². The number of rotatable bonds is 7. The van der Waals surface area contributed by atoms with Gasteiger partial charge in [0, 0.05) is 17.0 Å². The number of thiazole rings is 1. The Morgan fingerprint density at radius 2 is 1.84 bits per heavy atom. The topological polar surface area (TPSA) is 78.3 Å². The second kappa shape index (κ2) is 9.01. The highest BCUT2D eigenvalue weighted by Gasteiger charge is 2.15. The number of carbonyl (C=O) groups is 1. The predicted molar refractivity (Wildman–Crippen MR) is 121 cm³/mol. The molecule has 158 valence electrons. The fourth-order valence-corrected chi connectivity index (χ4v) is 3.99. The maximum Gasteiger partial charge on any atom is 0.229 e. The molecule has 2 heterocycles. The van der Waals surface area contributed by atoms with Crippen molar-refractivity contribution in [3.05, 3.63) is 71.2 Å². The molecule has 8 heteroatoms. The maximum atomic E-state index is 12.5. The first kappa shape index (κ1) is 20.6. The van der Waals surface area contributed by atoms with Crippen LogP contribution in [0.25, 0.3) is 16.4 Å². The van der Waals surface area contributed by atoms with Gasteiger partial charge in [-0.3, -0.25) is 4.79 Å². The second-order valence-corrected chi connectivity index (χ2v) is 7.71. The third kappa shape index (κ3) is 4.59. The lowest BCUT2D eigenvalue weighted by atomic mass is 10.1. The number of aryl methyl sites for hydroxylation is 1. The number of anilines is 1. The van der Waals surface area contributed by atoms with Crippen LogP contribution in [0.1, 0.15) is 11.3 Å². The molecule has 0 aliphatic heterocycles. The number of nitrogens with zero attached hydrogens (tertiary/aromatic N) is 3. The van der Waals surface area contributed by atoms with Gasteiger partial charge in [-0.15, -0.1) is 11.3 Å². The van der Waals surface area contributed by atoms with Crippen molar-refractivity contribution in [1.29, 1.82) is 0 Å². The van der Waals surface area contributed by atoms with Gasteiger partial charge in [0.1, 0.15) is 5.82 Å². The minimum Gasteiger partial charge on any atom is -0.493 e. The molecule has 0 bridgehead atoms. The van der Waals surface area contributed by atoms with Crippen molar-refractivity contribution in [2.24, 2.45) is 0 Å². The highest BCUT2D eigenvalue weighted by atomic mass is 32.1. The zero-order valence-electron chi connectivity index (χ0n) is 17.5. The van der Waals surface area contributed by atoms with E-state index in [2.05, 4.69) is 10.4 Å². The third-order valence-corrected chi connectivity index (χ3v) is 5.48. The molecule has 0 saturated heterocycles. The van der Waals surface area contributed by atoms with Crippen molar-refractivity contribution in [1.82, 2.24) is 14.8 Å². The van der Waals surface area contributed by atoms with E-state index in [1.807, 2.05) is 66.9 Å². The van der Waals surface area contributed by atoms with Crippen LogP contribution in [0.3, 0.4) is 0 Å². The monoisotopic (exact) mass is 434 g/mol. The average Bonchev–Trinajstić information content (AvgIpc) is 3.40. The molecule has 31 heavy (non-hydrogen) atoms. The van der Waals surface area contributed by atoms with Crippen LogP contribution in [-0.2, 0) is 11.2 Å². The van der Waals surface area contributed by atoms with Crippen LogP contribution < -0.4 is 14.8 Å². The quantitative estimate of drug-likeness (QED) is 0.463. The number of hydrogen-bond donors (Lipinski definition) is 1. The van der Waals surface area contributed by atoms with Gasteiger partial charge in [-0.1, -0.05) is 30.3 Å². The Labute approximate surface area is 184 Å². The summed E-state index contributed by atoms with van der Waals surface area (Å²) in [5.41, 5.74) is 3.43. The van der Waals surface area contributed by atoms with E-state index in [1.54, 1.807) is 18.9 Å². The fraction of sp³-hybridized carbons (Fsp3) is 0.174. The van der Waals surface area contributed by atoms with E-state index in [9.17, 15) is 4.79 Å². The van der Waals surface area contributed by atoms with Crippen molar-refractivity contribution >= 4 is 23.1 Å². The van der Waals surface area contributed by atoms with Crippen molar-refractivity contribution in [3.63, 3.8) is 0 Å². The zero-order chi connectivity index (χ0) is 21.8. The van der Waals surface area contributed by atoms with Crippen molar-refractivity contribution in [3.8, 4) is 27.9 Å². The van der Waals surface area contributed by atoms with Gasteiger partial charge in [0.15, 0.2) is 11.5 Å². The number of hydrogen-bond acceptors (Lipinski definition) is 6. The van der Waals surface area contributed by atoms with E-state index in [0.29, 0.717) is 28.9 Å². The van der Waals surface area contributed by atoms with E-state index in [-0.39, 0.29) is 5.91 Å². The highest BCUT2D eigenvalue weighted by Crippen LogP contribution is 2.33. The third-order valence-electron chi connectivity index (χ3n) is 4.66. The largest absolute Gasteiger partial charge is 0.493 e. The fourth-order valence-electron chi connectivity index (χ4n) is 3.19. The van der Waals surface area contributed by atoms with Crippen LogP contribution in [0.15, 0.2) is 60.0 Å². The van der Waals surface area contributed by atoms with Gasteiger partial charge < -0.3 is 14.8 Å². The number of amides is 1. The van der Waals surface area contributed by atoms with Crippen LogP contribution in [-0.4, -0.2) is 34.9 Å². The van der Waals surface area contributed by atoms with E-state index < -0.39 is 0 Å². The van der Waals surface area contributed by atoms with Crippen LogP contribution in [0.5, 0.6) is 11.5 Å². The van der Waals surface area contributed by atoms with Gasteiger partial charge in [0.25, 0.3) is 0 Å². The first-order chi connectivity index (χ1) is 15.1. The Bertz CT molecular complexity index is 1200. The summed E-state index contributed by atoms with van der Waals surface area (Å²) in [6, 6.07) is 17.1. The maximum absolute atomic E-state index is 12.5. The molecule has 4 aromatic rings. The first-order valence-corrected chi connectivity index (χ1v) is 10.5. The molecule has 0 spiro atoms. The molecule has 0 saturated carbocycles. The number of methoxy groups -OCH3 is 2. The summed E-state index contributed by atoms with van der Waals surface area (Å²) in [7, 11) is 3.21. The number of carbonyl (C=O) groups excluding carboxylic acids is 1. The molecule has 0 aliphatic rings. The minimum absolute atomic E-state index is 0.107. The molecule has 7 nitrogen and oxygen atoms in total. The number of benzene rings is 2. The molecule has 1 amide bonds. The molecule has 0 unspecified atom stereocenters. The summed E-state index contributed by atoms with van der Waals surface area (Å²) in [6.07, 6.45) is 0.291. The molecule has 0 aliphatic carbocycles. The summed E-state index contributed by atoms with van der Waals surface area (Å²) in [4.78, 5) is 17.3. The highest BCUT2D eigenvalue weighted by molar-refractivity contribution is 7.12. The van der Waals surface area contributed by atoms with Gasteiger partial charge in [-0.25, -0.2) is 4.98 Å². The molecular weight excluding hydrogens is 412 g/mol. The summed E-state index contributed by atoms with van der Waals surface area (Å²) < 4.78 is 12.4. The van der Waals surface area contributed by atoms with E-state index >= 15 is 0 Å². The lowest BCUT2D eigenvalue weighted by molar-refractivity contribution is -0.115. The summed E-state index contributed by atoms with van der Waals surface area (Å²) >= 11 is 1.45. The van der Waals surface area contributed by atoms with Crippen molar-refractivity contribution in [2.75, 3.05) is 19.5 Å². The predicted octanol–water partition coefficient (Wildman–Crippen LogP) is 4.50. The molecule has 0 atom stereocenters. The van der Waals surface area contributed by atoms with Crippen molar-refractivity contribution in [2.45, 2.75) is 13.3 Å². The van der Waals surface area contributed by atoms with Gasteiger partial charge in [-0.2, -0.15) is 9.78 Å². The zero-order valence-corrected chi connectivity index (χ0v) is 18.3. The lowest BCUT2D eigenvalue weighted by Crippen LogP contribution is -2.17. The first-order valence-electron chi connectivity index (χ1n) is 9.66. The summed E-state index contributed by atoms with van der Waals surface area (Å²) in [5.74, 6) is 1.78. The molecule has 2 aromatic carbocycles. The molecule has 2 aromatic heterocycles. The second-order valence-electron chi connectivity index (χ2n) is 6.88. The summed E-state index contributed by atoms with van der Waals surface area (Å²) in [5, 5.41) is 10.1. The van der Waals surface area contributed by atoms with Gasteiger partial charge in [0.2, 0.25) is 11.0 Å². The van der Waals surface area contributed by atoms with Crippen LogP contribution in [0.2, 0.25) is 0 Å². The average molecular weight is 435 g/mol. The Balaban J connectivity index is 1.57. The van der Waals surface area contributed by atoms with E-state index in [4.69, 9.17) is 14.5 Å². The Hall–Kier alpha value is -3.65. The smallest absolute Gasteiger partial charge is 0.229 e. The Morgan fingerprint density at radius 1 is 1.06 bits per heavy atom. The molecular formula is C23H22N4O3S. The Kier molecular flexibility index (Phi) is 5.99. The SMILES string of the molecule is COc1ccc(-c2csc(-n3nc(C)cc3NC(=O)Cc3ccccc3)n2)cc1OC.